The van der Waals surface area contributed by atoms with Crippen LogP contribution in [0.1, 0.15) is 11.1 Å². The summed E-state index contributed by atoms with van der Waals surface area (Å²) in [6.45, 7) is -2.24. The largest absolute Gasteiger partial charge is 0.493 e. The van der Waals surface area contributed by atoms with Crippen LogP contribution < -0.4 is 29.6 Å². The summed E-state index contributed by atoms with van der Waals surface area (Å²) in [5.41, 5.74) is 1.54. The molecule has 9 heteroatoms. The van der Waals surface area contributed by atoms with E-state index in [2.05, 4.69) is 15.4 Å². The molecule has 27 heavy (non-hydrogen) atoms. The summed E-state index contributed by atoms with van der Waals surface area (Å²) in [5, 5.41) is 5.41. The van der Waals surface area contributed by atoms with E-state index in [1.54, 1.807) is 18.2 Å². The fourth-order valence-electron chi connectivity index (χ4n) is 2.49. The molecule has 0 atom stereocenters. The Balaban J connectivity index is 1.50. The molecule has 3 rings (SSSR count). The number of alkyl halides is 2. The topological polar surface area (TPSA) is 78.1 Å². The number of urea groups is 1. The van der Waals surface area contributed by atoms with Crippen molar-refractivity contribution in [2.24, 2.45) is 0 Å². The maximum atomic E-state index is 12.3. The molecule has 0 radical (unpaired) electrons. The second-order valence-electron chi connectivity index (χ2n) is 5.59. The van der Waals surface area contributed by atoms with Gasteiger partial charge in [0.15, 0.2) is 23.0 Å². The number of nitrogens with one attached hydrogen (secondary N) is 2. The van der Waals surface area contributed by atoms with E-state index in [4.69, 9.17) is 14.2 Å². The average molecular weight is 380 g/mol. The first-order valence-corrected chi connectivity index (χ1v) is 8.07. The van der Waals surface area contributed by atoms with Gasteiger partial charge in [0, 0.05) is 13.1 Å². The summed E-state index contributed by atoms with van der Waals surface area (Å²) in [4.78, 5) is 12.0. The van der Waals surface area contributed by atoms with E-state index in [0.29, 0.717) is 23.6 Å². The molecule has 0 saturated carbocycles. The fraction of sp³-hybridized carbons (Fsp3) is 0.278. The van der Waals surface area contributed by atoms with Crippen LogP contribution >= 0.6 is 0 Å². The van der Waals surface area contributed by atoms with Crippen LogP contribution in [0.2, 0.25) is 0 Å². The Hall–Kier alpha value is -3.23. The van der Waals surface area contributed by atoms with Crippen LogP contribution in [-0.4, -0.2) is 26.5 Å². The Kier molecular flexibility index (Phi) is 5.80. The maximum absolute atomic E-state index is 12.3. The molecule has 144 valence electrons. The quantitative estimate of drug-likeness (QED) is 0.772. The number of fused-ring (bicyclic) bond motifs is 1. The van der Waals surface area contributed by atoms with E-state index >= 15 is 0 Å². The minimum absolute atomic E-state index is 0.0662. The van der Waals surface area contributed by atoms with Crippen molar-refractivity contribution in [2.75, 3.05) is 13.9 Å². The van der Waals surface area contributed by atoms with Gasteiger partial charge in [-0.05, 0) is 35.4 Å². The fourth-order valence-corrected chi connectivity index (χ4v) is 2.49. The molecule has 0 aromatic heterocycles. The Bertz CT molecular complexity index is 816. The summed E-state index contributed by atoms with van der Waals surface area (Å²) in [5.74, 6) is 1.42. The van der Waals surface area contributed by atoms with Crippen LogP contribution in [-0.2, 0) is 13.1 Å². The zero-order valence-corrected chi connectivity index (χ0v) is 14.5. The van der Waals surface area contributed by atoms with Crippen molar-refractivity contribution in [1.82, 2.24) is 10.6 Å². The maximum Gasteiger partial charge on any atom is 0.387 e. The molecule has 1 aliphatic heterocycles. The summed E-state index contributed by atoms with van der Waals surface area (Å²) in [6.07, 6.45) is 0. The zero-order chi connectivity index (χ0) is 19.2. The second-order valence-corrected chi connectivity index (χ2v) is 5.59. The highest BCUT2D eigenvalue weighted by Gasteiger charge is 2.14. The summed E-state index contributed by atoms with van der Waals surface area (Å²) in [6, 6.07) is 9.50. The molecule has 7 nitrogen and oxygen atoms in total. The molecule has 1 heterocycles. The number of amides is 2. The second kappa shape index (κ2) is 8.43. The summed E-state index contributed by atoms with van der Waals surface area (Å²) in [7, 11) is 1.35. The van der Waals surface area contributed by atoms with Gasteiger partial charge >= 0.3 is 12.6 Å². The van der Waals surface area contributed by atoms with E-state index in [-0.39, 0.29) is 30.9 Å². The highest BCUT2D eigenvalue weighted by molar-refractivity contribution is 5.73. The number of carbonyl (C=O) groups excluding carboxylic acids is 1. The van der Waals surface area contributed by atoms with Crippen LogP contribution in [0.15, 0.2) is 36.4 Å². The van der Waals surface area contributed by atoms with Crippen LogP contribution in [0.25, 0.3) is 0 Å². The molecule has 2 aromatic carbocycles. The first-order valence-electron chi connectivity index (χ1n) is 8.07. The van der Waals surface area contributed by atoms with Gasteiger partial charge in [-0.25, -0.2) is 4.79 Å². The number of rotatable bonds is 7. The SMILES string of the molecule is COc1cc(CNC(=O)NCc2ccc3c(c2)OCO3)ccc1OC(F)F. The van der Waals surface area contributed by atoms with Gasteiger partial charge in [-0.15, -0.1) is 0 Å². The van der Waals surface area contributed by atoms with Gasteiger partial charge in [0.2, 0.25) is 6.79 Å². The van der Waals surface area contributed by atoms with Crippen molar-refractivity contribution < 1.29 is 32.5 Å². The third-order valence-electron chi connectivity index (χ3n) is 3.79. The molecule has 0 spiro atoms. The molecule has 0 saturated heterocycles. The predicted octanol–water partition coefficient (Wildman–Crippen LogP) is 3.02. The average Bonchev–Trinajstić information content (AvgIpc) is 3.13. The summed E-state index contributed by atoms with van der Waals surface area (Å²) >= 11 is 0. The molecule has 1 aliphatic rings. The van der Waals surface area contributed by atoms with Crippen LogP contribution in [0, 0.1) is 0 Å². The Labute approximate surface area is 154 Å². The van der Waals surface area contributed by atoms with Crippen molar-refractivity contribution in [2.45, 2.75) is 19.7 Å². The summed E-state index contributed by atoms with van der Waals surface area (Å²) < 4.78 is 44.6. The van der Waals surface area contributed by atoms with Crippen LogP contribution in [0.4, 0.5) is 13.6 Å². The molecule has 0 bridgehead atoms. The van der Waals surface area contributed by atoms with E-state index in [1.807, 2.05) is 6.07 Å². The third-order valence-corrected chi connectivity index (χ3v) is 3.79. The predicted molar refractivity (Wildman–Crippen MR) is 91.3 cm³/mol. The normalized spacial score (nSPS) is 12.0. The van der Waals surface area contributed by atoms with Crippen LogP contribution in [0.5, 0.6) is 23.0 Å². The molecule has 0 fully saturated rings. The highest BCUT2D eigenvalue weighted by Crippen LogP contribution is 2.32. The Morgan fingerprint density at radius 2 is 1.70 bits per heavy atom. The van der Waals surface area contributed by atoms with Crippen LogP contribution in [0.3, 0.4) is 0 Å². The van der Waals surface area contributed by atoms with Crippen molar-refractivity contribution >= 4 is 6.03 Å². The molecule has 0 aliphatic carbocycles. The molecule has 2 aromatic rings. The lowest BCUT2D eigenvalue weighted by Crippen LogP contribution is -2.34. The first kappa shape index (κ1) is 18.6. The van der Waals surface area contributed by atoms with E-state index < -0.39 is 6.61 Å². The zero-order valence-electron chi connectivity index (χ0n) is 14.5. The van der Waals surface area contributed by atoms with E-state index in [0.717, 1.165) is 5.56 Å². The smallest absolute Gasteiger partial charge is 0.387 e. The molecule has 2 N–H and O–H groups in total. The van der Waals surface area contributed by atoms with Gasteiger partial charge in [0.05, 0.1) is 7.11 Å². The van der Waals surface area contributed by atoms with Gasteiger partial charge in [-0.2, -0.15) is 8.78 Å². The number of benzene rings is 2. The van der Waals surface area contributed by atoms with Gasteiger partial charge < -0.3 is 29.6 Å². The van der Waals surface area contributed by atoms with Gasteiger partial charge in [0.25, 0.3) is 0 Å². The Morgan fingerprint density at radius 3 is 2.41 bits per heavy atom. The number of methoxy groups -OCH3 is 1. The number of carbonyl (C=O) groups is 1. The monoisotopic (exact) mass is 380 g/mol. The lowest BCUT2D eigenvalue weighted by atomic mass is 10.2. The Morgan fingerprint density at radius 1 is 1.04 bits per heavy atom. The van der Waals surface area contributed by atoms with E-state index in [1.165, 1.54) is 19.2 Å². The van der Waals surface area contributed by atoms with Crippen molar-refractivity contribution in [3.63, 3.8) is 0 Å². The van der Waals surface area contributed by atoms with Gasteiger partial charge in [-0.3, -0.25) is 0 Å². The van der Waals surface area contributed by atoms with Gasteiger partial charge in [0.1, 0.15) is 0 Å². The number of hydrogen-bond acceptors (Lipinski definition) is 5. The first-order chi connectivity index (χ1) is 13.0. The molecular formula is C18H18F2N2O5. The van der Waals surface area contributed by atoms with Crippen molar-refractivity contribution in [3.8, 4) is 23.0 Å². The number of hydrogen-bond donors (Lipinski definition) is 2. The highest BCUT2D eigenvalue weighted by atomic mass is 19.3. The van der Waals surface area contributed by atoms with Crippen molar-refractivity contribution in [1.29, 1.82) is 0 Å². The van der Waals surface area contributed by atoms with Gasteiger partial charge in [-0.1, -0.05) is 12.1 Å². The minimum Gasteiger partial charge on any atom is -0.493 e. The molecule has 2 amide bonds. The third kappa shape index (κ3) is 4.90. The molecular weight excluding hydrogens is 362 g/mol. The standard InChI is InChI=1S/C18H18F2N2O5/c1-24-15-6-11(3-5-14(15)27-17(19)20)8-21-18(23)22-9-12-2-4-13-16(7-12)26-10-25-13/h2-7,17H,8-10H2,1H3,(H2,21,22,23). The minimum atomic E-state index is -2.94. The molecule has 0 unspecified atom stereocenters. The number of ether oxygens (including phenoxy) is 4. The van der Waals surface area contributed by atoms with E-state index in [9.17, 15) is 13.6 Å². The lowest BCUT2D eigenvalue weighted by molar-refractivity contribution is -0.0512. The lowest BCUT2D eigenvalue weighted by Gasteiger charge is -2.12. The van der Waals surface area contributed by atoms with Crippen molar-refractivity contribution in [3.05, 3.63) is 47.5 Å². The number of halogens is 2.